The highest BCUT2D eigenvalue weighted by Crippen LogP contribution is 2.12. The van der Waals surface area contributed by atoms with Crippen molar-refractivity contribution in [3.8, 4) is 0 Å². The van der Waals surface area contributed by atoms with Gasteiger partial charge >= 0.3 is 5.97 Å². The van der Waals surface area contributed by atoms with E-state index in [4.69, 9.17) is 9.47 Å². The standard InChI is InChI=1S/C9H16O6S/c1-7(15-16(2,11)12)9(10)14-6-8-4-3-5-13-8/h7-8H,3-6H2,1-2H3/t7-,8?/m0/s1. The molecule has 1 aliphatic rings. The Morgan fingerprint density at radius 3 is 2.75 bits per heavy atom. The summed E-state index contributed by atoms with van der Waals surface area (Å²) in [5.41, 5.74) is 0. The Kier molecular flexibility index (Phi) is 4.69. The molecule has 0 aromatic rings. The maximum Gasteiger partial charge on any atom is 0.336 e. The molecule has 0 aromatic carbocycles. The Labute approximate surface area is 95.0 Å². The summed E-state index contributed by atoms with van der Waals surface area (Å²) in [5, 5.41) is 0. The van der Waals surface area contributed by atoms with Crippen molar-refractivity contribution < 1.29 is 26.9 Å². The predicted molar refractivity (Wildman–Crippen MR) is 55.3 cm³/mol. The van der Waals surface area contributed by atoms with E-state index in [-0.39, 0.29) is 12.7 Å². The number of ether oxygens (including phenoxy) is 2. The summed E-state index contributed by atoms with van der Waals surface area (Å²) in [7, 11) is -3.64. The molecule has 0 bridgehead atoms. The third-order valence-corrected chi connectivity index (χ3v) is 2.72. The molecular formula is C9H16O6S. The summed E-state index contributed by atoms with van der Waals surface area (Å²) >= 11 is 0. The second kappa shape index (κ2) is 5.60. The third kappa shape index (κ3) is 4.91. The molecule has 1 unspecified atom stereocenters. The van der Waals surface area contributed by atoms with Crippen molar-refractivity contribution in [3.63, 3.8) is 0 Å². The Morgan fingerprint density at radius 1 is 1.56 bits per heavy atom. The van der Waals surface area contributed by atoms with Crippen molar-refractivity contribution >= 4 is 16.1 Å². The quantitative estimate of drug-likeness (QED) is 0.509. The van der Waals surface area contributed by atoms with Crippen molar-refractivity contribution in [2.45, 2.75) is 32.0 Å². The Balaban J connectivity index is 2.28. The predicted octanol–water partition coefficient (Wildman–Crippen LogP) is 0.0733. The van der Waals surface area contributed by atoms with Crippen LogP contribution < -0.4 is 0 Å². The molecule has 16 heavy (non-hydrogen) atoms. The summed E-state index contributed by atoms with van der Waals surface area (Å²) in [4.78, 5) is 11.3. The van der Waals surface area contributed by atoms with E-state index in [9.17, 15) is 13.2 Å². The molecule has 1 fully saturated rings. The highest BCUT2D eigenvalue weighted by atomic mass is 32.2. The molecule has 7 heteroatoms. The van der Waals surface area contributed by atoms with Crippen molar-refractivity contribution in [2.24, 2.45) is 0 Å². The van der Waals surface area contributed by atoms with Crippen LogP contribution >= 0.6 is 0 Å². The lowest BCUT2D eigenvalue weighted by atomic mass is 10.2. The number of rotatable bonds is 5. The van der Waals surface area contributed by atoms with E-state index < -0.39 is 22.2 Å². The SMILES string of the molecule is C[C@H](OS(C)(=O)=O)C(=O)OCC1CCCO1. The van der Waals surface area contributed by atoms with Gasteiger partial charge in [0.15, 0.2) is 6.10 Å². The molecule has 0 saturated carbocycles. The zero-order chi connectivity index (χ0) is 12.2. The first-order chi connectivity index (χ1) is 7.38. The molecule has 1 rings (SSSR count). The molecule has 0 spiro atoms. The number of esters is 1. The minimum Gasteiger partial charge on any atom is -0.461 e. The fourth-order valence-corrected chi connectivity index (χ4v) is 1.97. The van der Waals surface area contributed by atoms with Crippen LogP contribution in [0.2, 0.25) is 0 Å². The van der Waals surface area contributed by atoms with E-state index in [1.807, 2.05) is 0 Å². The van der Waals surface area contributed by atoms with Gasteiger partial charge in [0.05, 0.1) is 12.4 Å². The van der Waals surface area contributed by atoms with E-state index >= 15 is 0 Å². The molecule has 0 aliphatic carbocycles. The summed E-state index contributed by atoms with van der Waals surface area (Å²) in [5.74, 6) is -0.694. The second-order valence-corrected chi connectivity index (χ2v) is 5.31. The smallest absolute Gasteiger partial charge is 0.336 e. The second-order valence-electron chi connectivity index (χ2n) is 3.71. The zero-order valence-electron chi connectivity index (χ0n) is 9.34. The van der Waals surface area contributed by atoms with Crippen LogP contribution in [0.15, 0.2) is 0 Å². The minimum absolute atomic E-state index is 0.0746. The van der Waals surface area contributed by atoms with Gasteiger partial charge in [0, 0.05) is 6.61 Å². The first kappa shape index (κ1) is 13.4. The summed E-state index contributed by atoms with van der Waals surface area (Å²) < 4.78 is 36.1. The van der Waals surface area contributed by atoms with Gasteiger partial charge in [-0.05, 0) is 19.8 Å². The first-order valence-corrected chi connectivity index (χ1v) is 6.86. The lowest BCUT2D eigenvalue weighted by Gasteiger charge is -2.13. The largest absolute Gasteiger partial charge is 0.461 e. The van der Waals surface area contributed by atoms with Crippen molar-refractivity contribution in [1.82, 2.24) is 0 Å². The van der Waals surface area contributed by atoms with Crippen molar-refractivity contribution in [2.75, 3.05) is 19.5 Å². The number of carbonyl (C=O) groups is 1. The van der Waals surface area contributed by atoms with Gasteiger partial charge in [-0.2, -0.15) is 8.42 Å². The highest BCUT2D eigenvalue weighted by molar-refractivity contribution is 7.86. The van der Waals surface area contributed by atoms with Gasteiger partial charge in [-0.1, -0.05) is 0 Å². The van der Waals surface area contributed by atoms with Gasteiger partial charge in [0.2, 0.25) is 0 Å². The lowest BCUT2D eigenvalue weighted by Crippen LogP contribution is -2.28. The van der Waals surface area contributed by atoms with Crippen LogP contribution in [-0.2, 0) is 28.6 Å². The van der Waals surface area contributed by atoms with Gasteiger partial charge in [-0.25, -0.2) is 4.79 Å². The highest BCUT2D eigenvalue weighted by Gasteiger charge is 2.23. The Morgan fingerprint density at radius 2 is 2.25 bits per heavy atom. The molecule has 6 nitrogen and oxygen atoms in total. The molecule has 0 aromatic heterocycles. The molecule has 1 heterocycles. The maximum absolute atomic E-state index is 11.3. The maximum atomic E-state index is 11.3. The Hall–Kier alpha value is -0.660. The van der Waals surface area contributed by atoms with Crippen LogP contribution in [0.1, 0.15) is 19.8 Å². The zero-order valence-corrected chi connectivity index (χ0v) is 10.2. The molecule has 1 aliphatic heterocycles. The normalized spacial score (nSPS) is 23.0. The first-order valence-electron chi connectivity index (χ1n) is 5.05. The topological polar surface area (TPSA) is 78.9 Å². The van der Waals surface area contributed by atoms with E-state index in [0.717, 1.165) is 19.1 Å². The average molecular weight is 252 g/mol. The van der Waals surface area contributed by atoms with Crippen LogP contribution in [0, 0.1) is 0 Å². The van der Waals surface area contributed by atoms with Crippen LogP contribution in [0.4, 0.5) is 0 Å². The molecule has 0 radical (unpaired) electrons. The fourth-order valence-electron chi connectivity index (χ4n) is 1.37. The molecule has 0 amide bonds. The van der Waals surface area contributed by atoms with E-state index in [0.29, 0.717) is 6.61 Å². The monoisotopic (exact) mass is 252 g/mol. The third-order valence-electron chi connectivity index (χ3n) is 2.09. The van der Waals surface area contributed by atoms with Crippen LogP contribution in [0.3, 0.4) is 0 Å². The van der Waals surface area contributed by atoms with Crippen LogP contribution in [0.25, 0.3) is 0 Å². The molecule has 0 N–H and O–H groups in total. The lowest BCUT2D eigenvalue weighted by molar-refractivity contribution is -0.154. The summed E-state index contributed by atoms with van der Waals surface area (Å²) in [6.07, 6.45) is 1.51. The Bertz CT molecular complexity index is 330. The fraction of sp³-hybridized carbons (Fsp3) is 0.889. The van der Waals surface area contributed by atoms with Gasteiger partial charge in [-0.3, -0.25) is 4.18 Å². The number of hydrogen-bond acceptors (Lipinski definition) is 6. The van der Waals surface area contributed by atoms with E-state index in [2.05, 4.69) is 4.18 Å². The molecule has 1 saturated heterocycles. The van der Waals surface area contributed by atoms with Gasteiger partial charge in [-0.15, -0.1) is 0 Å². The van der Waals surface area contributed by atoms with Crippen molar-refractivity contribution in [1.29, 1.82) is 0 Å². The number of hydrogen-bond donors (Lipinski definition) is 0. The summed E-state index contributed by atoms with van der Waals surface area (Å²) in [6, 6.07) is 0. The summed E-state index contributed by atoms with van der Waals surface area (Å²) in [6.45, 7) is 2.16. The van der Waals surface area contributed by atoms with Crippen molar-refractivity contribution in [3.05, 3.63) is 0 Å². The van der Waals surface area contributed by atoms with Crippen LogP contribution in [0.5, 0.6) is 0 Å². The van der Waals surface area contributed by atoms with Crippen LogP contribution in [-0.4, -0.2) is 46.1 Å². The molecular weight excluding hydrogens is 236 g/mol. The van der Waals surface area contributed by atoms with Gasteiger partial charge in [0.25, 0.3) is 10.1 Å². The average Bonchev–Trinajstić information content (AvgIpc) is 2.63. The van der Waals surface area contributed by atoms with E-state index in [1.165, 1.54) is 6.92 Å². The van der Waals surface area contributed by atoms with Gasteiger partial charge in [0.1, 0.15) is 6.61 Å². The minimum atomic E-state index is -3.64. The van der Waals surface area contributed by atoms with E-state index in [1.54, 1.807) is 0 Å². The van der Waals surface area contributed by atoms with Gasteiger partial charge < -0.3 is 9.47 Å². The molecule has 94 valence electrons. The number of carbonyl (C=O) groups excluding carboxylic acids is 1. The molecule has 2 atom stereocenters.